The highest BCUT2D eigenvalue weighted by atomic mass is 35.5. The molecule has 0 N–H and O–H groups in total. The molecule has 8 nitrogen and oxygen atoms in total. The molecule has 3 aromatic carbocycles. The van der Waals surface area contributed by atoms with E-state index < -0.39 is 10.0 Å². The van der Waals surface area contributed by atoms with Gasteiger partial charge >= 0.3 is 0 Å². The second-order valence-electron chi connectivity index (χ2n) is 8.42. The highest BCUT2D eigenvalue weighted by Crippen LogP contribution is 2.32. The molecule has 4 rings (SSSR count). The van der Waals surface area contributed by atoms with Gasteiger partial charge in [-0.05, 0) is 62.6 Å². The number of likely N-dealkylation sites (N-methyl/N-ethyl adjacent to an activating group) is 1. The number of fused-ring (bicyclic) bond motifs is 1. The summed E-state index contributed by atoms with van der Waals surface area (Å²) in [6.45, 7) is 1.07. The number of anilines is 2. The maximum Gasteiger partial charge on any atom is 0.264 e. The molecule has 1 amide bonds. The Kier molecular flexibility index (Phi) is 9.14. The van der Waals surface area contributed by atoms with E-state index in [2.05, 4.69) is 4.98 Å². The van der Waals surface area contributed by atoms with Crippen LogP contribution in [0.1, 0.15) is 10.4 Å². The zero-order valence-electron chi connectivity index (χ0n) is 21.0. The molecular formula is C26H29ClN4O4S2. The van der Waals surface area contributed by atoms with E-state index in [0.717, 1.165) is 10.2 Å². The predicted molar refractivity (Wildman–Crippen MR) is 152 cm³/mol. The zero-order chi connectivity index (χ0) is 25.9. The van der Waals surface area contributed by atoms with Crippen molar-refractivity contribution in [3.05, 3.63) is 78.4 Å². The highest BCUT2D eigenvalue weighted by Gasteiger charge is 2.24. The minimum Gasteiger partial charge on any atom is -0.497 e. The van der Waals surface area contributed by atoms with E-state index in [9.17, 15) is 13.2 Å². The molecule has 0 aliphatic carbocycles. The number of sulfonamides is 1. The number of methoxy groups -OCH3 is 1. The van der Waals surface area contributed by atoms with Crippen LogP contribution in [0.25, 0.3) is 10.2 Å². The third-order valence-electron chi connectivity index (χ3n) is 5.71. The molecule has 0 aliphatic rings. The van der Waals surface area contributed by atoms with Crippen molar-refractivity contribution in [2.45, 2.75) is 4.90 Å². The molecule has 1 heterocycles. The van der Waals surface area contributed by atoms with Crippen LogP contribution in [0.3, 0.4) is 0 Å². The SMILES string of the molecule is COc1ccc2sc(N(CCN(C)C)C(=O)c3ccc(S(=O)(=O)N(C)c4ccccc4)cc3)nc2c1.Cl. The number of nitrogens with zero attached hydrogens (tertiary/aromatic N) is 4. The van der Waals surface area contributed by atoms with Gasteiger partial charge in [-0.3, -0.25) is 14.0 Å². The number of hydrogen-bond acceptors (Lipinski definition) is 7. The highest BCUT2D eigenvalue weighted by molar-refractivity contribution is 7.92. The Morgan fingerprint density at radius 2 is 1.62 bits per heavy atom. The van der Waals surface area contributed by atoms with Crippen LogP contribution in [0.15, 0.2) is 77.7 Å². The first-order valence-electron chi connectivity index (χ1n) is 11.3. The van der Waals surface area contributed by atoms with E-state index >= 15 is 0 Å². The van der Waals surface area contributed by atoms with Crippen LogP contribution in [0, 0.1) is 0 Å². The lowest BCUT2D eigenvalue weighted by Crippen LogP contribution is -2.36. The van der Waals surface area contributed by atoms with Gasteiger partial charge in [0.25, 0.3) is 15.9 Å². The molecule has 4 aromatic rings. The van der Waals surface area contributed by atoms with Gasteiger partial charge in [0.15, 0.2) is 5.13 Å². The Hall–Kier alpha value is -3.18. The molecule has 11 heteroatoms. The fourth-order valence-corrected chi connectivity index (χ4v) is 5.75. The molecule has 1 aromatic heterocycles. The summed E-state index contributed by atoms with van der Waals surface area (Å²) in [5.41, 5.74) is 1.69. The smallest absolute Gasteiger partial charge is 0.264 e. The maximum atomic E-state index is 13.6. The van der Waals surface area contributed by atoms with Crippen LogP contribution in [-0.2, 0) is 10.0 Å². The van der Waals surface area contributed by atoms with Gasteiger partial charge in [-0.1, -0.05) is 29.5 Å². The van der Waals surface area contributed by atoms with E-state index in [4.69, 9.17) is 4.74 Å². The Morgan fingerprint density at radius 1 is 0.946 bits per heavy atom. The number of amides is 1. The third-order valence-corrected chi connectivity index (χ3v) is 8.57. The Morgan fingerprint density at radius 3 is 2.24 bits per heavy atom. The number of hydrogen-bond donors (Lipinski definition) is 0. The summed E-state index contributed by atoms with van der Waals surface area (Å²) in [6, 6.07) is 20.5. The quantitative estimate of drug-likeness (QED) is 0.293. The van der Waals surface area contributed by atoms with Gasteiger partial charge < -0.3 is 9.64 Å². The Labute approximate surface area is 227 Å². The van der Waals surface area contributed by atoms with Crippen molar-refractivity contribution in [3.63, 3.8) is 0 Å². The Bertz CT molecular complexity index is 1460. The topological polar surface area (TPSA) is 83.0 Å². The van der Waals surface area contributed by atoms with Gasteiger partial charge in [-0.2, -0.15) is 0 Å². The first kappa shape index (κ1) is 28.4. The van der Waals surface area contributed by atoms with Crippen molar-refractivity contribution in [3.8, 4) is 5.75 Å². The van der Waals surface area contributed by atoms with Crippen LogP contribution in [0.5, 0.6) is 5.75 Å². The van der Waals surface area contributed by atoms with Crippen molar-refractivity contribution < 1.29 is 17.9 Å². The third kappa shape index (κ3) is 6.22. The molecule has 37 heavy (non-hydrogen) atoms. The summed E-state index contributed by atoms with van der Waals surface area (Å²) >= 11 is 1.43. The number of benzene rings is 3. The Balaban J connectivity index is 0.00000380. The van der Waals surface area contributed by atoms with Gasteiger partial charge in [0, 0.05) is 31.8 Å². The van der Waals surface area contributed by atoms with Gasteiger partial charge in [0.1, 0.15) is 5.75 Å². The van der Waals surface area contributed by atoms with Crippen molar-refractivity contribution >= 4 is 60.7 Å². The number of ether oxygens (including phenoxy) is 1. The van der Waals surface area contributed by atoms with Gasteiger partial charge in [-0.25, -0.2) is 13.4 Å². The molecule has 0 bridgehead atoms. The number of aromatic nitrogens is 1. The molecule has 0 saturated heterocycles. The van der Waals surface area contributed by atoms with E-state index in [0.29, 0.717) is 35.2 Å². The van der Waals surface area contributed by atoms with Crippen molar-refractivity contribution in [1.29, 1.82) is 0 Å². The lowest BCUT2D eigenvalue weighted by molar-refractivity contribution is 0.0985. The van der Waals surface area contributed by atoms with Crippen LogP contribution in [-0.4, -0.2) is 65.6 Å². The van der Waals surface area contributed by atoms with Crippen molar-refractivity contribution in [2.24, 2.45) is 0 Å². The molecular weight excluding hydrogens is 532 g/mol. The number of carbonyl (C=O) groups excluding carboxylic acids is 1. The molecule has 0 radical (unpaired) electrons. The molecule has 0 unspecified atom stereocenters. The monoisotopic (exact) mass is 560 g/mol. The van der Waals surface area contributed by atoms with Crippen LogP contribution in [0.4, 0.5) is 10.8 Å². The number of carbonyl (C=O) groups is 1. The largest absolute Gasteiger partial charge is 0.497 e. The molecule has 0 aliphatic heterocycles. The predicted octanol–water partition coefficient (Wildman–Crippen LogP) is 4.76. The first-order valence-corrected chi connectivity index (χ1v) is 13.5. The average Bonchev–Trinajstić information content (AvgIpc) is 3.31. The standard InChI is InChI=1S/C26H28N4O4S2.ClH/c1-28(2)16-17-30(26-27-23-18-21(34-4)12-15-24(23)35-26)25(31)19-10-13-22(14-11-19)36(32,33)29(3)20-8-6-5-7-9-20;/h5-15,18H,16-17H2,1-4H3;1H. The number of thiazole rings is 1. The second kappa shape index (κ2) is 11.9. The number of para-hydroxylation sites is 1. The minimum absolute atomic E-state index is 0. The summed E-state index contributed by atoms with van der Waals surface area (Å²) in [7, 11) is 3.21. The van der Waals surface area contributed by atoms with E-state index in [1.807, 2.05) is 43.3 Å². The second-order valence-corrected chi connectivity index (χ2v) is 11.4. The van der Waals surface area contributed by atoms with Crippen molar-refractivity contribution in [2.75, 3.05) is 50.5 Å². The molecule has 196 valence electrons. The summed E-state index contributed by atoms with van der Waals surface area (Å²) < 4.78 is 33.7. The normalized spacial score (nSPS) is 11.3. The van der Waals surface area contributed by atoms with E-state index in [-0.39, 0.29) is 23.2 Å². The van der Waals surface area contributed by atoms with Crippen molar-refractivity contribution in [1.82, 2.24) is 9.88 Å². The van der Waals surface area contributed by atoms with Gasteiger partial charge in [0.05, 0.1) is 27.9 Å². The summed E-state index contributed by atoms with van der Waals surface area (Å²) in [4.78, 5) is 22.0. The summed E-state index contributed by atoms with van der Waals surface area (Å²) in [5, 5.41) is 0.575. The van der Waals surface area contributed by atoms with E-state index in [1.165, 1.54) is 34.8 Å². The molecule has 0 atom stereocenters. The average molecular weight is 561 g/mol. The summed E-state index contributed by atoms with van der Waals surface area (Å²) in [5.74, 6) is 0.450. The van der Waals surface area contributed by atoms with Gasteiger partial charge in [-0.15, -0.1) is 12.4 Å². The molecule has 0 fully saturated rings. The fraction of sp³-hybridized carbons (Fsp3) is 0.231. The number of halogens is 1. The summed E-state index contributed by atoms with van der Waals surface area (Å²) in [6.07, 6.45) is 0. The lowest BCUT2D eigenvalue weighted by Gasteiger charge is -2.22. The van der Waals surface area contributed by atoms with Gasteiger partial charge in [0.2, 0.25) is 0 Å². The number of rotatable bonds is 9. The van der Waals surface area contributed by atoms with Crippen LogP contribution < -0.4 is 13.9 Å². The lowest BCUT2D eigenvalue weighted by atomic mass is 10.2. The first-order chi connectivity index (χ1) is 17.2. The van der Waals surface area contributed by atoms with Crippen LogP contribution in [0.2, 0.25) is 0 Å². The zero-order valence-corrected chi connectivity index (χ0v) is 23.4. The molecule has 0 spiro atoms. The minimum atomic E-state index is -3.77. The van der Waals surface area contributed by atoms with Crippen LogP contribution >= 0.6 is 23.7 Å². The maximum absolute atomic E-state index is 13.6. The van der Waals surface area contributed by atoms with E-state index in [1.54, 1.807) is 48.4 Å². The fourth-order valence-electron chi connectivity index (χ4n) is 3.58. The molecule has 0 saturated carbocycles.